The lowest BCUT2D eigenvalue weighted by molar-refractivity contribution is 0.0651. The zero-order valence-corrected chi connectivity index (χ0v) is 20.9. The van der Waals surface area contributed by atoms with Crippen molar-refractivity contribution in [2.45, 2.75) is 57.6 Å². The van der Waals surface area contributed by atoms with Crippen LogP contribution in [0.2, 0.25) is 0 Å². The highest BCUT2D eigenvalue weighted by molar-refractivity contribution is 5.92. The van der Waals surface area contributed by atoms with Crippen LogP contribution >= 0.6 is 0 Å². The lowest BCUT2D eigenvalue weighted by Gasteiger charge is -2.29. The summed E-state index contributed by atoms with van der Waals surface area (Å²) in [7, 11) is 0. The number of aliphatic hydroxyl groups excluding tert-OH is 1. The molecule has 1 heterocycles. The summed E-state index contributed by atoms with van der Waals surface area (Å²) in [5.41, 5.74) is 8.13. The normalized spacial score (nSPS) is 15.1. The van der Waals surface area contributed by atoms with E-state index in [4.69, 9.17) is 10.5 Å². The van der Waals surface area contributed by atoms with Crippen molar-refractivity contribution in [3.63, 3.8) is 0 Å². The van der Waals surface area contributed by atoms with Crippen molar-refractivity contribution in [1.29, 1.82) is 0 Å². The molecule has 0 bridgehead atoms. The van der Waals surface area contributed by atoms with Crippen molar-refractivity contribution in [3.05, 3.63) is 89.6 Å². The second-order valence-electron chi connectivity index (χ2n) is 9.76. The van der Waals surface area contributed by atoms with E-state index in [-0.39, 0.29) is 6.10 Å². The van der Waals surface area contributed by atoms with Crippen molar-refractivity contribution in [2.24, 2.45) is 11.7 Å². The maximum atomic E-state index is 11.2. The number of pyridine rings is 1. The lowest BCUT2D eigenvalue weighted by atomic mass is 9.84. The Labute approximate surface area is 214 Å². The molecule has 1 fully saturated rings. The van der Waals surface area contributed by atoms with Crippen LogP contribution in [0.15, 0.2) is 72.9 Å². The number of hydrogen-bond acceptors (Lipinski definition) is 5. The van der Waals surface area contributed by atoms with Gasteiger partial charge in [-0.2, -0.15) is 0 Å². The average Bonchev–Trinajstić information content (AvgIpc) is 2.92. The summed E-state index contributed by atoms with van der Waals surface area (Å²) < 4.78 is 5.79. The zero-order chi connectivity index (χ0) is 25.2. The molecule has 1 saturated carbocycles. The molecular formula is C30H37N3O3. The third kappa shape index (κ3) is 7.90. The van der Waals surface area contributed by atoms with Crippen molar-refractivity contribution in [1.82, 2.24) is 9.88 Å². The van der Waals surface area contributed by atoms with Crippen LogP contribution < -0.4 is 10.5 Å². The summed E-state index contributed by atoms with van der Waals surface area (Å²) in [5, 5.41) is 10.8. The van der Waals surface area contributed by atoms with Crippen molar-refractivity contribution in [3.8, 4) is 11.6 Å². The fourth-order valence-electron chi connectivity index (χ4n) is 4.90. The minimum Gasteiger partial charge on any atom is -0.439 e. The molecule has 1 unspecified atom stereocenters. The standard InChI is InChI=1S/C30H37N3O3/c31-30(35)26-13-16-29(32-21-26)36-27-14-11-23(12-15-27)17-19-33(22-24-7-3-1-4-8-24)20-18-28(34)25-9-5-2-6-10-25/h1,3-4,7-8,11-16,21,25,28,34H,2,5-6,9-10,17-20,22H2,(H2,31,35). The van der Waals surface area contributed by atoms with Gasteiger partial charge >= 0.3 is 0 Å². The maximum absolute atomic E-state index is 11.2. The first-order valence-corrected chi connectivity index (χ1v) is 13.0. The predicted octanol–water partition coefficient (Wildman–Crippen LogP) is 5.35. The van der Waals surface area contributed by atoms with Crippen molar-refractivity contribution >= 4 is 5.91 Å². The van der Waals surface area contributed by atoms with Crippen LogP contribution in [0.5, 0.6) is 11.6 Å². The van der Waals surface area contributed by atoms with Gasteiger partial charge in [0.25, 0.3) is 0 Å². The summed E-state index contributed by atoms with van der Waals surface area (Å²) in [5.74, 6) is 1.06. The van der Waals surface area contributed by atoms with Gasteiger partial charge in [-0.1, -0.05) is 61.7 Å². The summed E-state index contributed by atoms with van der Waals surface area (Å²) in [6.07, 6.45) is 9.10. The van der Waals surface area contributed by atoms with Gasteiger partial charge in [-0.25, -0.2) is 4.98 Å². The summed E-state index contributed by atoms with van der Waals surface area (Å²) >= 11 is 0. The van der Waals surface area contributed by atoms with Crippen molar-refractivity contribution in [2.75, 3.05) is 13.1 Å². The number of aromatic nitrogens is 1. The summed E-state index contributed by atoms with van der Waals surface area (Å²) in [4.78, 5) is 17.8. The van der Waals surface area contributed by atoms with Gasteiger partial charge in [0.1, 0.15) is 5.75 Å². The molecule has 36 heavy (non-hydrogen) atoms. The lowest BCUT2D eigenvalue weighted by Crippen LogP contribution is -2.32. The van der Waals surface area contributed by atoms with Gasteiger partial charge in [-0.05, 0) is 60.9 Å². The molecule has 0 aliphatic heterocycles. The van der Waals surface area contributed by atoms with Gasteiger partial charge in [0.15, 0.2) is 0 Å². The maximum Gasteiger partial charge on any atom is 0.250 e. The van der Waals surface area contributed by atoms with Crippen LogP contribution in [0.3, 0.4) is 0 Å². The Hall–Kier alpha value is -3.22. The Balaban J connectivity index is 1.31. The third-order valence-electron chi connectivity index (χ3n) is 7.07. The number of nitrogens with zero attached hydrogens (tertiary/aromatic N) is 2. The number of carbonyl (C=O) groups excluding carboxylic acids is 1. The monoisotopic (exact) mass is 487 g/mol. The molecule has 1 atom stereocenters. The van der Waals surface area contributed by atoms with Gasteiger partial charge in [0, 0.05) is 31.9 Å². The Kier molecular flexibility index (Phi) is 9.47. The van der Waals surface area contributed by atoms with Crippen LogP contribution in [0, 0.1) is 5.92 Å². The number of benzene rings is 2. The van der Waals surface area contributed by atoms with Crippen LogP contribution in [0.1, 0.15) is 60.0 Å². The van der Waals surface area contributed by atoms with Gasteiger partial charge in [0.05, 0.1) is 11.7 Å². The molecule has 0 saturated heterocycles. The van der Waals surface area contributed by atoms with E-state index in [1.807, 2.05) is 18.2 Å². The summed E-state index contributed by atoms with van der Waals surface area (Å²) in [6.45, 7) is 2.69. The molecule has 1 aliphatic rings. The van der Waals surface area contributed by atoms with Crippen LogP contribution in [0.25, 0.3) is 0 Å². The number of aliphatic hydroxyl groups is 1. The molecule has 190 valence electrons. The minimum absolute atomic E-state index is 0.203. The fourth-order valence-corrected chi connectivity index (χ4v) is 4.90. The second kappa shape index (κ2) is 13.2. The first-order chi connectivity index (χ1) is 17.6. The van der Waals surface area contributed by atoms with E-state index >= 15 is 0 Å². The van der Waals surface area contributed by atoms with E-state index < -0.39 is 5.91 Å². The Morgan fingerprint density at radius 1 is 0.972 bits per heavy atom. The van der Waals surface area contributed by atoms with E-state index in [2.05, 4.69) is 46.3 Å². The smallest absolute Gasteiger partial charge is 0.250 e. The third-order valence-corrected chi connectivity index (χ3v) is 7.07. The second-order valence-corrected chi connectivity index (χ2v) is 9.76. The van der Waals surface area contributed by atoms with Gasteiger partial charge in [-0.15, -0.1) is 0 Å². The molecular weight excluding hydrogens is 450 g/mol. The van der Waals surface area contributed by atoms with Gasteiger partial charge in [-0.3, -0.25) is 9.69 Å². The van der Waals surface area contributed by atoms with Crippen LogP contribution in [-0.2, 0) is 13.0 Å². The van der Waals surface area contributed by atoms with E-state index in [0.29, 0.717) is 23.1 Å². The Morgan fingerprint density at radius 2 is 1.72 bits per heavy atom. The number of primary amides is 1. The molecule has 6 nitrogen and oxygen atoms in total. The van der Waals surface area contributed by atoms with E-state index in [1.165, 1.54) is 49.4 Å². The molecule has 6 heteroatoms. The summed E-state index contributed by atoms with van der Waals surface area (Å²) in [6, 6.07) is 21.8. The minimum atomic E-state index is -0.511. The van der Waals surface area contributed by atoms with Gasteiger partial charge in [0.2, 0.25) is 11.8 Å². The molecule has 1 aliphatic carbocycles. The average molecular weight is 488 g/mol. The highest BCUT2D eigenvalue weighted by Crippen LogP contribution is 2.28. The topological polar surface area (TPSA) is 88.7 Å². The fraction of sp³-hybridized carbons (Fsp3) is 0.400. The molecule has 3 aromatic rings. The first kappa shape index (κ1) is 25.9. The predicted molar refractivity (Wildman–Crippen MR) is 142 cm³/mol. The Bertz CT molecular complexity index is 1060. The number of carbonyl (C=O) groups is 1. The Morgan fingerprint density at radius 3 is 2.39 bits per heavy atom. The number of amides is 1. The van der Waals surface area contributed by atoms with E-state index in [0.717, 1.165) is 32.5 Å². The zero-order valence-electron chi connectivity index (χ0n) is 20.9. The van der Waals surface area contributed by atoms with Crippen molar-refractivity contribution < 1.29 is 14.6 Å². The molecule has 0 spiro atoms. The molecule has 1 aromatic heterocycles. The quantitative estimate of drug-likeness (QED) is 0.360. The first-order valence-electron chi connectivity index (χ1n) is 13.0. The van der Waals surface area contributed by atoms with Crippen LogP contribution in [-0.4, -0.2) is 40.1 Å². The number of hydrogen-bond donors (Lipinski definition) is 2. The molecule has 1 amide bonds. The number of rotatable bonds is 12. The number of ether oxygens (including phenoxy) is 1. The SMILES string of the molecule is NC(=O)c1ccc(Oc2ccc(CCN(CCC(O)C3CCCCC3)Cc3ccccc3)cc2)nc1. The molecule has 0 radical (unpaired) electrons. The van der Waals surface area contributed by atoms with Gasteiger partial charge < -0.3 is 15.6 Å². The molecule has 2 aromatic carbocycles. The molecule has 3 N–H and O–H groups in total. The highest BCUT2D eigenvalue weighted by Gasteiger charge is 2.22. The molecule has 4 rings (SSSR count). The van der Waals surface area contributed by atoms with Crippen LogP contribution in [0.4, 0.5) is 0 Å². The van der Waals surface area contributed by atoms with E-state index in [1.54, 1.807) is 12.1 Å². The van der Waals surface area contributed by atoms with E-state index in [9.17, 15) is 9.90 Å². The largest absolute Gasteiger partial charge is 0.439 e. The number of nitrogens with two attached hydrogens (primary N) is 1. The highest BCUT2D eigenvalue weighted by atomic mass is 16.5.